The maximum Gasteiger partial charge on any atom is 0.179 e. The van der Waals surface area contributed by atoms with Gasteiger partial charge >= 0.3 is 0 Å². The van der Waals surface area contributed by atoms with E-state index < -0.39 is 0 Å². The molecule has 0 amide bonds. The summed E-state index contributed by atoms with van der Waals surface area (Å²) in [5.74, 6) is 0.673. The van der Waals surface area contributed by atoms with Crippen molar-refractivity contribution < 1.29 is 0 Å². The second-order valence-electron chi connectivity index (χ2n) is 3.28. The molecule has 16 heavy (non-hydrogen) atoms. The first-order chi connectivity index (χ1) is 7.70. The van der Waals surface area contributed by atoms with Gasteiger partial charge in [0.1, 0.15) is 14.9 Å². The third-order valence-electron chi connectivity index (χ3n) is 2.04. The molecule has 84 valence electrons. The normalized spacial score (nSPS) is 10.7. The number of halogens is 2. The van der Waals surface area contributed by atoms with Crippen LogP contribution < -0.4 is 0 Å². The van der Waals surface area contributed by atoms with E-state index in [1.807, 2.05) is 16.8 Å². The minimum absolute atomic E-state index is 0.673. The maximum atomic E-state index is 4.33. The van der Waals surface area contributed by atoms with Gasteiger partial charge in [-0.3, -0.25) is 4.68 Å². The van der Waals surface area contributed by atoms with E-state index in [0.29, 0.717) is 5.82 Å². The average Bonchev–Trinajstić information content (AvgIpc) is 2.65. The number of hydrogen-bond donors (Lipinski definition) is 0. The first kappa shape index (κ1) is 11.7. The van der Waals surface area contributed by atoms with Gasteiger partial charge in [0.05, 0.1) is 0 Å². The zero-order valence-electron chi connectivity index (χ0n) is 8.69. The lowest BCUT2D eigenvalue weighted by molar-refractivity contribution is 0.606. The third kappa shape index (κ3) is 2.49. The summed E-state index contributed by atoms with van der Waals surface area (Å²) in [7, 11) is 0. The largest absolute Gasteiger partial charge is 0.262 e. The van der Waals surface area contributed by atoms with Gasteiger partial charge in [-0.15, -0.1) is 0 Å². The SMILES string of the molecule is CCCn1nccc1-c1nc(Br)cc(Br)n1. The van der Waals surface area contributed by atoms with E-state index in [2.05, 4.69) is 53.9 Å². The van der Waals surface area contributed by atoms with Crippen LogP contribution in [-0.4, -0.2) is 19.7 Å². The molecular formula is C10H10Br2N4. The van der Waals surface area contributed by atoms with Gasteiger partial charge in [-0.2, -0.15) is 5.10 Å². The summed E-state index contributed by atoms with van der Waals surface area (Å²) in [6.07, 6.45) is 2.80. The molecule has 0 unspecified atom stereocenters. The Balaban J connectivity index is 2.45. The van der Waals surface area contributed by atoms with Crippen molar-refractivity contribution in [1.29, 1.82) is 0 Å². The van der Waals surface area contributed by atoms with Crippen LogP contribution in [0.4, 0.5) is 0 Å². The van der Waals surface area contributed by atoms with E-state index in [4.69, 9.17) is 0 Å². The van der Waals surface area contributed by atoms with Crippen LogP contribution in [0.1, 0.15) is 13.3 Å². The molecule has 0 N–H and O–H groups in total. The van der Waals surface area contributed by atoms with E-state index in [1.54, 1.807) is 6.20 Å². The zero-order chi connectivity index (χ0) is 11.5. The van der Waals surface area contributed by atoms with Gasteiger partial charge in [0, 0.05) is 18.8 Å². The average molecular weight is 346 g/mol. The Kier molecular flexibility index (Phi) is 3.70. The van der Waals surface area contributed by atoms with Crippen molar-refractivity contribution in [1.82, 2.24) is 19.7 Å². The Labute approximate surface area is 110 Å². The number of nitrogens with zero attached hydrogens (tertiary/aromatic N) is 4. The summed E-state index contributed by atoms with van der Waals surface area (Å²) in [6.45, 7) is 2.99. The molecule has 2 aromatic heterocycles. The lowest BCUT2D eigenvalue weighted by atomic mass is 10.4. The molecule has 0 radical (unpaired) electrons. The molecule has 4 nitrogen and oxygen atoms in total. The summed E-state index contributed by atoms with van der Waals surface area (Å²) in [5, 5.41) is 4.25. The van der Waals surface area contributed by atoms with Crippen LogP contribution in [0.5, 0.6) is 0 Å². The van der Waals surface area contributed by atoms with Gasteiger partial charge in [0.25, 0.3) is 0 Å². The van der Waals surface area contributed by atoms with Crippen LogP contribution in [0.3, 0.4) is 0 Å². The van der Waals surface area contributed by atoms with Crippen molar-refractivity contribution in [3.05, 3.63) is 27.5 Å². The molecule has 0 atom stereocenters. The summed E-state index contributed by atoms with van der Waals surface area (Å²) in [6, 6.07) is 3.73. The highest BCUT2D eigenvalue weighted by Gasteiger charge is 2.09. The second kappa shape index (κ2) is 5.05. The fourth-order valence-corrected chi connectivity index (χ4v) is 2.49. The number of rotatable bonds is 3. The summed E-state index contributed by atoms with van der Waals surface area (Å²) < 4.78 is 3.43. The molecule has 0 spiro atoms. The fraction of sp³-hybridized carbons (Fsp3) is 0.300. The second-order valence-corrected chi connectivity index (χ2v) is 4.90. The molecule has 0 saturated carbocycles. The van der Waals surface area contributed by atoms with Crippen molar-refractivity contribution in [2.45, 2.75) is 19.9 Å². The van der Waals surface area contributed by atoms with Crippen LogP contribution in [0.15, 0.2) is 27.5 Å². The molecule has 0 aliphatic carbocycles. The fourth-order valence-electron chi connectivity index (χ4n) is 1.42. The molecule has 2 rings (SSSR count). The van der Waals surface area contributed by atoms with E-state index in [0.717, 1.165) is 27.9 Å². The zero-order valence-corrected chi connectivity index (χ0v) is 11.9. The highest BCUT2D eigenvalue weighted by molar-refractivity contribution is 9.11. The van der Waals surface area contributed by atoms with Crippen LogP contribution in [0.25, 0.3) is 11.5 Å². The maximum absolute atomic E-state index is 4.33. The number of hydrogen-bond acceptors (Lipinski definition) is 3. The van der Waals surface area contributed by atoms with Crippen molar-refractivity contribution in [3.63, 3.8) is 0 Å². The summed E-state index contributed by atoms with van der Waals surface area (Å²) in [5.41, 5.74) is 0.934. The van der Waals surface area contributed by atoms with E-state index in [-0.39, 0.29) is 0 Å². The standard InChI is InChI=1S/C10H10Br2N4/c1-2-5-16-7(3-4-13-16)10-14-8(11)6-9(12)15-10/h3-4,6H,2,5H2,1H3. The Morgan fingerprint density at radius 1 is 1.25 bits per heavy atom. The van der Waals surface area contributed by atoms with Gasteiger partial charge in [-0.05, 0) is 44.3 Å². The first-order valence-electron chi connectivity index (χ1n) is 4.93. The van der Waals surface area contributed by atoms with Gasteiger partial charge in [0.15, 0.2) is 5.82 Å². The molecule has 0 aromatic carbocycles. The van der Waals surface area contributed by atoms with Gasteiger partial charge < -0.3 is 0 Å². The van der Waals surface area contributed by atoms with Gasteiger partial charge in [-0.1, -0.05) is 6.92 Å². The molecule has 2 aromatic rings. The first-order valence-corrected chi connectivity index (χ1v) is 6.51. The minimum Gasteiger partial charge on any atom is -0.262 e. The van der Waals surface area contributed by atoms with Crippen LogP contribution in [0, 0.1) is 0 Å². The summed E-state index contributed by atoms with van der Waals surface area (Å²) >= 11 is 6.70. The lowest BCUT2D eigenvalue weighted by Gasteiger charge is -2.05. The smallest absolute Gasteiger partial charge is 0.179 e. The van der Waals surface area contributed by atoms with E-state index >= 15 is 0 Å². The predicted octanol–water partition coefficient (Wildman–Crippen LogP) is 3.28. The van der Waals surface area contributed by atoms with Crippen molar-refractivity contribution >= 4 is 31.9 Å². The van der Waals surface area contributed by atoms with Crippen LogP contribution in [0.2, 0.25) is 0 Å². The topological polar surface area (TPSA) is 43.6 Å². The summed E-state index contributed by atoms with van der Waals surface area (Å²) in [4.78, 5) is 8.67. The van der Waals surface area contributed by atoms with Crippen LogP contribution in [-0.2, 0) is 6.54 Å². The quantitative estimate of drug-likeness (QED) is 0.802. The van der Waals surface area contributed by atoms with E-state index in [9.17, 15) is 0 Å². The van der Waals surface area contributed by atoms with Gasteiger partial charge in [-0.25, -0.2) is 9.97 Å². The van der Waals surface area contributed by atoms with E-state index in [1.165, 1.54) is 0 Å². The molecule has 0 bridgehead atoms. The van der Waals surface area contributed by atoms with Crippen molar-refractivity contribution in [2.75, 3.05) is 0 Å². The Morgan fingerprint density at radius 2 is 1.94 bits per heavy atom. The number of aromatic nitrogens is 4. The molecule has 0 saturated heterocycles. The molecule has 0 aliphatic rings. The molecule has 2 heterocycles. The minimum atomic E-state index is 0.673. The Hall–Kier alpha value is -0.750. The lowest BCUT2D eigenvalue weighted by Crippen LogP contribution is -2.03. The monoisotopic (exact) mass is 344 g/mol. The third-order valence-corrected chi connectivity index (χ3v) is 2.86. The van der Waals surface area contributed by atoms with Gasteiger partial charge in [0.2, 0.25) is 0 Å². The predicted molar refractivity (Wildman–Crippen MR) is 68.9 cm³/mol. The molecule has 0 aliphatic heterocycles. The highest BCUT2D eigenvalue weighted by atomic mass is 79.9. The van der Waals surface area contributed by atoms with Crippen LogP contribution >= 0.6 is 31.9 Å². The molecule has 0 fully saturated rings. The number of aryl methyl sites for hydroxylation is 1. The molecular weight excluding hydrogens is 336 g/mol. The van der Waals surface area contributed by atoms with Crippen molar-refractivity contribution in [2.24, 2.45) is 0 Å². The van der Waals surface area contributed by atoms with Crippen molar-refractivity contribution in [3.8, 4) is 11.5 Å². The Morgan fingerprint density at radius 3 is 2.56 bits per heavy atom. The Bertz CT molecular complexity index is 475. The molecule has 6 heteroatoms. The highest BCUT2D eigenvalue weighted by Crippen LogP contribution is 2.20.